The van der Waals surface area contributed by atoms with Crippen LogP contribution < -0.4 is 5.32 Å². The summed E-state index contributed by atoms with van der Waals surface area (Å²) in [6.07, 6.45) is 1.75. The van der Waals surface area contributed by atoms with Gasteiger partial charge in [0.25, 0.3) is 5.22 Å². The van der Waals surface area contributed by atoms with Gasteiger partial charge >= 0.3 is 0 Å². The Hall–Kier alpha value is -2.60. The van der Waals surface area contributed by atoms with Gasteiger partial charge in [0.2, 0.25) is 11.8 Å². The SMILES string of the molecule is CCc1cccc(CC)c1NC(=O)CSc1nnc(-c2ccc(C)cc2)o1. The molecule has 0 fully saturated rings. The normalized spacial score (nSPS) is 10.8. The maximum atomic E-state index is 12.4. The number of carbonyl (C=O) groups is 1. The van der Waals surface area contributed by atoms with E-state index in [-0.39, 0.29) is 11.7 Å². The highest BCUT2D eigenvalue weighted by atomic mass is 32.2. The van der Waals surface area contributed by atoms with E-state index in [0.717, 1.165) is 35.2 Å². The molecule has 0 aliphatic rings. The summed E-state index contributed by atoms with van der Waals surface area (Å²) in [5.41, 5.74) is 5.26. The van der Waals surface area contributed by atoms with Crippen LogP contribution in [0.15, 0.2) is 52.1 Å². The summed E-state index contributed by atoms with van der Waals surface area (Å²) in [5, 5.41) is 11.5. The maximum absolute atomic E-state index is 12.4. The first kappa shape index (κ1) is 19.2. The van der Waals surface area contributed by atoms with E-state index in [1.54, 1.807) is 0 Å². The summed E-state index contributed by atoms with van der Waals surface area (Å²) in [6, 6.07) is 14.0. The molecule has 1 heterocycles. The molecule has 0 radical (unpaired) electrons. The topological polar surface area (TPSA) is 68.0 Å². The van der Waals surface area contributed by atoms with Crippen LogP contribution in [0.3, 0.4) is 0 Å². The largest absolute Gasteiger partial charge is 0.411 e. The molecule has 0 aliphatic carbocycles. The third kappa shape index (κ3) is 4.77. The Morgan fingerprint density at radius 1 is 1.04 bits per heavy atom. The molecule has 2 aromatic carbocycles. The van der Waals surface area contributed by atoms with Crippen LogP contribution in [0.1, 0.15) is 30.5 Å². The van der Waals surface area contributed by atoms with E-state index >= 15 is 0 Å². The quantitative estimate of drug-likeness (QED) is 0.590. The van der Waals surface area contributed by atoms with E-state index in [9.17, 15) is 4.79 Å². The van der Waals surface area contributed by atoms with Crippen LogP contribution in [-0.4, -0.2) is 21.9 Å². The number of rotatable bonds is 7. The Bertz CT molecular complexity index is 897. The standard InChI is InChI=1S/C21H23N3O2S/c1-4-15-7-6-8-16(5-2)19(15)22-18(25)13-27-21-24-23-20(26-21)17-11-9-14(3)10-12-17/h6-12H,4-5,13H2,1-3H3,(H,22,25). The van der Waals surface area contributed by atoms with Crippen molar-refractivity contribution in [1.29, 1.82) is 0 Å². The van der Waals surface area contributed by atoms with E-state index in [0.29, 0.717) is 11.1 Å². The summed E-state index contributed by atoms with van der Waals surface area (Å²) in [5.74, 6) is 0.602. The van der Waals surface area contributed by atoms with Gasteiger partial charge in [-0.05, 0) is 43.0 Å². The first-order valence-electron chi connectivity index (χ1n) is 9.04. The highest BCUT2D eigenvalue weighted by molar-refractivity contribution is 7.99. The molecule has 0 aliphatic heterocycles. The van der Waals surface area contributed by atoms with Gasteiger partial charge in [0, 0.05) is 11.3 Å². The average Bonchev–Trinajstić information content (AvgIpc) is 3.16. The fraction of sp³-hybridized carbons (Fsp3) is 0.286. The highest BCUT2D eigenvalue weighted by Gasteiger charge is 2.13. The van der Waals surface area contributed by atoms with Crippen molar-refractivity contribution in [2.75, 3.05) is 11.1 Å². The number of nitrogens with one attached hydrogen (secondary N) is 1. The molecule has 5 nitrogen and oxygen atoms in total. The van der Waals surface area contributed by atoms with Gasteiger partial charge in [-0.2, -0.15) is 0 Å². The number of carbonyl (C=O) groups excluding carboxylic acids is 1. The molecule has 6 heteroatoms. The number of benzene rings is 2. The number of aryl methyl sites for hydroxylation is 3. The molecule has 3 aromatic rings. The summed E-state index contributed by atoms with van der Waals surface area (Å²) < 4.78 is 5.66. The lowest BCUT2D eigenvalue weighted by Gasteiger charge is -2.13. The molecule has 27 heavy (non-hydrogen) atoms. The summed E-state index contributed by atoms with van der Waals surface area (Å²) in [7, 11) is 0. The lowest BCUT2D eigenvalue weighted by Crippen LogP contribution is -2.16. The van der Waals surface area contributed by atoms with Gasteiger partial charge in [0.15, 0.2) is 0 Å². The van der Waals surface area contributed by atoms with E-state index in [4.69, 9.17) is 4.42 Å². The Balaban J connectivity index is 1.63. The third-order valence-electron chi connectivity index (χ3n) is 4.29. The van der Waals surface area contributed by atoms with Crippen molar-refractivity contribution in [3.63, 3.8) is 0 Å². The zero-order valence-corrected chi connectivity index (χ0v) is 16.6. The van der Waals surface area contributed by atoms with Crippen molar-refractivity contribution in [1.82, 2.24) is 10.2 Å². The molecule has 0 spiro atoms. The van der Waals surface area contributed by atoms with Crippen molar-refractivity contribution in [3.05, 3.63) is 59.2 Å². The van der Waals surface area contributed by atoms with Crippen molar-refractivity contribution in [2.45, 2.75) is 38.8 Å². The van der Waals surface area contributed by atoms with Crippen molar-refractivity contribution >= 4 is 23.4 Å². The van der Waals surface area contributed by atoms with Crippen LogP contribution in [0, 0.1) is 6.92 Å². The number of hydrogen-bond donors (Lipinski definition) is 1. The fourth-order valence-electron chi connectivity index (χ4n) is 2.79. The molecule has 1 N–H and O–H groups in total. The number of aromatic nitrogens is 2. The Kier molecular flexibility index (Phi) is 6.29. The Morgan fingerprint density at radius 2 is 1.70 bits per heavy atom. The van der Waals surface area contributed by atoms with Gasteiger partial charge in [-0.3, -0.25) is 4.79 Å². The second-order valence-electron chi connectivity index (χ2n) is 6.23. The molecule has 0 saturated carbocycles. The molecule has 1 amide bonds. The molecular formula is C21H23N3O2S. The lowest BCUT2D eigenvalue weighted by atomic mass is 10.0. The first-order valence-corrected chi connectivity index (χ1v) is 10.0. The number of thioether (sulfide) groups is 1. The number of hydrogen-bond acceptors (Lipinski definition) is 5. The second-order valence-corrected chi connectivity index (χ2v) is 7.16. The predicted molar refractivity (Wildman–Crippen MR) is 109 cm³/mol. The second kappa shape index (κ2) is 8.86. The fourth-order valence-corrected chi connectivity index (χ4v) is 3.35. The van der Waals surface area contributed by atoms with Crippen LogP contribution in [0.4, 0.5) is 5.69 Å². The van der Waals surface area contributed by atoms with Crippen LogP contribution in [0.2, 0.25) is 0 Å². The molecule has 140 valence electrons. The van der Waals surface area contributed by atoms with Gasteiger partial charge in [-0.1, -0.05) is 61.5 Å². The summed E-state index contributed by atoms with van der Waals surface area (Å²) in [4.78, 5) is 12.4. The van der Waals surface area contributed by atoms with Gasteiger partial charge in [-0.15, -0.1) is 10.2 Å². The molecule has 0 unspecified atom stereocenters. The van der Waals surface area contributed by atoms with Gasteiger partial charge in [0.1, 0.15) is 0 Å². The van der Waals surface area contributed by atoms with E-state index < -0.39 is 0 Å². The maximum Gasteiger partial charge on any atom is 0.277 e. The first-order chi connectivity index (χ1) is 13.1. The van der Waals surface area contributed by atoms with Gasteiger partial charge < -0.3 is 9.73 Å². The van der Waals surface area contributed by atoms with Crippen LogP contribution in [0.25, 0.3) is 11.5 Å². The zero-order valence-electron chi connectivity index (χ0n) is 15.8. The van der Waals surface area contributed by atoms with Crippen molar-refractivity contribution < 1.29 is 9.21 Å². The van der Waals surface area contributed by atoms with E-state index in [2.05, 4.69) is 29.4 Å². The minimum Gasteiger partial charge on any atom is -0.411 e. The van der Waals surface area contributed by atoms with Gasteiger partial charge in [-0.25, -0.2) is 0 Å². The Labute approximate surface area is 163 Å². The van der Waals surface area contributed by atoms with E-state index in [1.165, 1.54) is 17.3 Å². The molecule has 3 rings (SSSR count). The van der Waals surface area contributed by atoms with E-state index in [1.807, 2.05) is 49.4 Å². The smallest absolute Gasteiger partial charge is 0.277 e. The van der Waals surface area contributed by atoms with Gasteiger partial charge in [0.05, 0.1) is 5.75 Å². The van der Waals surface area contributed by atoms with Crippen molar-refractivity contribution in [2.24, 2.45) is 0 Å². The molecule has 1 aromatic heterocycles. The monoisotopic (exact) mass is 381 g/mol. The number of nitrogens with zero attached hydrogens (tertiary/aromatic N) is 2. The average molecular weight is 382 g/mol. The summed E-state index contributed by atoms with van der Waals surface area (Å²) >= 11 is 1.24. The molecular weight excluding hydrogens is 358 g/mol. The molecule has 0 atom stereocenters. The minimum absolute atomic E-state index is 0.0781. The molecule has 0 bridgehead atoms. The van der Waals surface area contributed by atoms with Crippen molar-refractivity contribution in [3.8, 4) is 11.5 Å². The van der Waals surface area contributed by atoms with Crippen LogP contribution in [0.5, 0.6) is 0 Å². The molecule has 0 saturated heterocycles. The highest BCUT2D eigenvalue weighted by Crippen LogP contribution is 2.25. The van der Waals surface area contributed by atoms with Crippen LogP contribution in [-0.2, 0) is 17.6 Å². The summed E-state index contributed by atoms with van der Waals surface area (Å²) in [6.45, 7) is 6.20. The zero-order chi connectivity index (χ0) is 19.2. The number of amides is 1. The minimum atomic E-state index is -0.0781. The predicted octanol–water partition coefficient (Wildman–Crippen LogP) is 4.90. The Morgan fingerprint density at radius 3 is 2.33 bits per heavy atom. The third-order valence-corrected chi connectivity index (χ3v) is 5.11. The lowest BCUT2D eigenvalue weighted by molar-refractivity contribution is -0.113. The number of para-hydroxylation sites is 1. The van der Waals surface area contributed by atoms with Crippen LogP contribution >= 0.6 is 11.8 Å². The number of anilines is 1.